The number of aryl methyl sites for hydroxylation is 1. The molecule has 5 heteroatoms. The maximum atomic E-state index is 13.7. The molecule has 1 heterocycles. The van der Waals surface area contributed by atoms with E-state index in [1.54, 1.807) is 11.3 Å². The van der Waals surface area contributed by atoms with Crippen LogP contribution in [-0.4, -0.2) is 17.4 Å². The van der Waals surface area contributed by atoms with E-state index in [2.05, 4.69) is 38.2 Å². The number of fused-ring (bicyclic) bond motifs is 1. The summed E-state index contributed by atoms with van der Waals surface area (Å²) in [4.78, 5) is 20.3. The summed E-state index contributed by atoms with van der Waals surface area (Å²) in [5.74, 6) is -0.0269. The molecule has 31 heavy (non-hydrogen) atoms. The minimum atomic E-state index is -0.0269. The van der Waals surface area contributed by atoms with Crippen LogP contribution in [0.25, 0.3) is 10.2 Å². The molecule has 0 radical (unpaired) electrons. The van der Waals surface area contributed by atoms with E-state index in [1.165, 1.54) is 11.1 Å². The van der Waals surface area contributed by atoms with Crippen LogP contribution in [-0.2, 0) is 0 Å². The molecule has 0 bridgehead atoms. The van der Waals surface area contributed by atoms with Crippen molar-refractivity contribution >= 4 is 44.0 Å². The molecule has 1 aromatic heterocycles. The number of nitrogens with zero attached hydrogens (tertiary/aromatic N) is 2. The normalized spacial score (nSPS) is 10.9. The van der Waals surface area contributed by atoms with E-state index < -0.39 is 0 Å². The van der Waals surface area contributed by atoms with Gasteiger partial charge in [0, 0.05) is 12.2 Å². The molecule has 1 amide bonds. The third-order valence-corrected chi connectivity index (χ3v) is 6.58. The Labute approximate surface area is 187 Å². The Morgan fingerprint density at radius 3 is 2.52 bits per heavy atom. The van der Waals surface area contributed by atoms with Gasteiger partial charge in [0.25, 0.3) is 5.91 Å². The first-order valence-corrected chi connectivity index (χ1v) is 11.5. The zero-order valence-electron chi connectivity index (χ0n) is 18.2. The van der Waals surface area contributed by atoms with Gasteiger partial charge in [0.05, 0.1) is 21.5 Å². The number of carbonyl (C=O) groups is 1. The van der Waals surface area contributed by atoms with E-state index in [9.17, 15) is 4.79 Å². The van der Waals surface area contributed by atoms with Crippen LogP contribution in [0.2, 0.25) is 0 Å². The van der Waals surface area contributed by atoms with Gasteiger partial charge in [0.2, 0.25) is 0 Å². The molecule has 0 unspecified atom stereocenters. The van der Waals surface area contributed by atoms with Gasteiger partial charge in [-0.3, -0.25) is 9.69 Å². The van der Waals surface area contributed by atoms with Crippen LogP contribution in [0.5, 0.6) is 0 Å². The van der Waals surface area contributed by atoms with Crippen LogP contribution in [0.15, 0.2) is 66.7 Å². The fraction of sp³-hybridized carbons (Fsp3) is 0.231. The first kappa shape index (κ1) is 21.1. The Morgan fingerprint density at radius 1 is 0.968 bits per heavy atom. The average molecular weight is 430 g/mol. The predicted octanol–water partition coefficient (Wildman–Crippen LogP) is 7.10. The van der Waals surface area contributed by atoms with E-state index in [1.807, 2.05) is 59.5 Å². The summed E-state index contributed by atoms with van der Waals surface area (Å²) in [6.45, 7) is 6.97. The van der Waals surface area contributed by atoms with Crippen LogP contribution < -0.4 is 10.2 Å². The standard InChI is InChI=1S/C26H27N3OS/c1-4-5-17-29(26-28-23-14-8-9-16-24(23)31-26)25(30)20-12-6-7-13-22(20)27-21-15-10-11-18(2)19(21)3/h6-16,27H,4-5,17H2,1-3H3. The number of carbonyl (C=O) groups excluding carboxylic acids is 1. The third-order valence-electron chi connectivity index (χ3n) is 5.53. The number of thiazole rings is 1. The molecule has 0 atom stereocenters. The molecule has 3 aromatic carbocycles. The van der Waals surface area contributed by atoms with Gasteiger partial charge in [0.1, 0.15) is 0 Å². The predicted molar refractivity (Wildman–Crippen MR) is 132 cm³/mol. The van der Waals surface area contributed by atoms with Crippen molar-refractivity contribution in [3.63, 3.8) is 0 Å². The number of rotatable bonds is 7. The Kier molecular flexibility index (Phi) is 6.33. The van der Waals surface area contributed by atoms with Crippen LogP contribution in [0.1, 0.15) is 41.3 Å². The summed E-state index contributed by atoms with van der Waals surface area (Å²) in [5, 5.41) is 4.24. The lowest BCUT2D eigenvalue weighted by molar-refractivity contribution is 0.0987. The molecule has 4 nitrogen and oxygen atoms in total. The van der Waals surface area contributed by atoms with Gasteiger partial charge in [-0.25, -0.2) is 4.98 Å². The molecule has 0 spiro atoms. The van der Waals surface area contributed by atoms with E-state index in [-0.39, 0.29) is 5.91 Å². The van der Waals surface area contributed by atoms with Crippen LogP contribution in [0.4, 0.5) is 16.5 Å². The topological polar surface area (TPSA) is 45.2 Å². The molecule has 0 fully saturated rings. The van der Waals surface area contributed by atoms with Crippen molar-refractivity contribution in [2.24, 2.45) is 0 Å². The molecular weight excluding hydrogens is 402 g/mol. The number of para-hydroxylation sites is 2. The minimum Gasteiger partial charge on any atom is -0.355 e. The first-order valence-electron chi connectivity index (χ1n) is 10.7. The highest BCUT2D eigenvalue weighted by atomic mass is 32.1. The second kappa shape index (κ2) is 9.31. The smallest absolute Gasteiger partial charge is 0.262 e. The molecule has 4 aromatic rings. The van der Waals surface area contributed by atoms with Crippen molar-refractivity contribution in [2.75, 3.05) is 16.8 Å². The maximum absolute atomic E-state index is 13.7. The lowest BCUT2D eigenvalue weighted by Gasteiger charge is -2.22. The van der Waals surface area contributed by atoms with Gasteiger partial charge in [-0.15, -0.1) is 0 Å². The van der Waals surface area contributed by atoms with Crippen molar-refractivity contribution < 1.29 is 4.79 Å². The molecule has 0 saturated heterocycles. The number of hydrogen-bond acceptors (Lipinski definition) is 4. The summed E-state index contributed by atoms with van der Waals surface area (Å²) in [5.41, 5.74) is 5.80. The summed E-state index contributed by atoms with van der Waals surface area (Å²) in [7, 11) is 0. The average Bonchev–Trinajstić information content (AvgIpc) is 3.21. The van der Waals surface area contributed by atoms with E-state index in [0.29, 0.717) is 12.1 Å². The van der Waals surface area contributed by atoms with Crippen molar-refractivity contribution in [1.29, 1.82) is 0 Å². The number of aromatic nitrogens is 1. The summed E-state index contributed by atoms with van der Waals surface area (Å²) in [6, 6.07) is 21.9. The Morgan fingerprint density at radius 2 is 1.71 bits per heavy atom. The number of hydrogen-bond donors (Lipinski definition) is 1. The van der Waals surface area contributed by atoms with Gasteiger partial charge in [-0.05, 0) is 61.7 Å². The quantitative estimate of drug-likeness (QED) is 0.341. The van der Waals surface area contributed by atoms with Crippen molar-refractivity contribution in [2.45, 2.75) is 33.6 Å². The zero-order chi connectivity index (χ0) is 21.8. The third kappa shape index (κ3) is 4.47. The number of nitrogens with one attached hydrogen (secondary N) is 1. The van der Waals surface area contributed by atoms with Gasteiger partial charge in [-0.1, -0.05) is 61.1 Å². The monoisotopic (exact) mass is 429 g/mol. The highest BCUT2D eigenvalue weighted by Crippen LogP contribution is 2.32. The molecule has 0 aliphatic carbocycles. The van der Waals surface area contributed by atoms with Gasteiger partial charge < -0.3 is 5.32 Å². The maximum Gasteiger partial charge on any atom is 0.262 e. The lowest BCUT2D eigenvalue weighted by atomic mass is 10.1. The highest BCUT2D eigenvalue weighted by Gasteiger charge is 2.23. The highest BCUT2D eigenvalue weighted by molar-refractivity contribution is 7.22. The SMILES string of the molecule is CCCCN(C(=O)c1ccccc1Nc1cccc(C)c1C)c1nc2ccccc2s1. The Hall–Kier alpha value is -3.18. The molecule has 0 aliphatic rings. The fourth-order valence-corrected chi connectivity index (χ4v) is 4.52. The molecular formula is C26H27N3OS. The fourth-order valence-electron chi connectivity index (χ4n) is 3.53. The Bertz CT molecular complexity index is 1180. The first-order chi connectivity index (χ1) is 15.1. The Balaban J connectivity index is 1.71. The minimum absolute atomic E-state index is 0.0269. The largest absolute Gasteiger partial charge is 0.355 e. The molecule has 0 aliphatic heterocycles. The summed E-state index contributed by atoms with van der Waals surface area (Å²) < 4.78 is 1.09. The molecule has 0 saturated carbocycles. The summed E-state index contributed by atoms with van der Waals surface area (Å²) in [6.07, 6.45) is 1.94. The van der Waals surface area contributed by atoms with E-state index >= 15 is 0 Å². The van der Waals surface area contributed by atoms with Crippen LogP contribution >= 0.6 is 11.3 Å². The lowest BCUT2D eigenvalue weighted by Crippen LogP contribution is -2.32. The second-order valence-corrected chi connectivity index (χ2v) is 8.70. The zero-order valence-corrected chi connectivity index (χ0v) is 19.0. The number of anilines is 3. The van der Waals surface area contributed by atoms with Crippen molar-refractivity contribution in [3.05, 3.63) is 83.4 Å². The number of unbranched alkanes of at least 4 members (excludes halogenated alkanes) is 1. The van der Waals surface area contributed by atoms with Gasteiger partial charge >= 0.3 is 0 Å². The second-order valence-electron chi connectivity index (χ2n) is 7.69. The van der Waals surface area contributed by atoms with Crippen molar-refractivity contribution in [1.82, 2.24) is 4.98 Å². The number of benzene rings is 3. The van der Waals surface area contributed by atoms with E-state index in [0.717, 1.165) is 39.6 Å². The molecule has 1 N–H and O–H groups in total. The summed E-state index contributed by atoms with van der Waals surface area (Å²) >= 11 is 1.57. The van der Waals surface area contributed by atoms with Gasteiger partial charge in [-0.2, -0.15) is 0 Å². The van der Waals surface area contributed by atoms with Crippen LogP contribution in [0.3, 0.4) is 0 Å². The van der Waals surface area contributed by atoms with E-state index in [4.69, 9.17) is 4.98 Å². The number of amides is 1. The molecule has 158 valence electrons. The van der Waals surface area contributed by atoms with Gasteiger partial charge in [0.15, 0.2) is 5.13 Å². The molecule has 4 rings (SSSR count). The van der Waals surface area contributed by atoms with Crippen LogP contribution in [0, 0.1) is 13.8 Å². The van der Waals surface area contributed by atoms with Crippen molar-refractivity contribution in [3.8, 4) is 0 Å².